The zero-order valence-electron chi connectivity index (χ0n) is 16.4. The summed E-state index contributed by atoms with van der Waals surface area (Å²) in [4.78, 5) is 15.3. The van der Waals surface area contributed by atoms with Crippen LogP contribution in [0.2, 0.25) is 0 Å². The van der Waals surface area contributed by atoms with Crippen molar-refractivity contribution < 1.29 is 22.2 Å². The number of aromatic nitrogens is 1. The predicted molar refractivity (Wildman–Crippen MR) is 107 cm³/mol. The predicted octanol–water partition coefficient (Wildman–Crippen LogP) is 1.54. The summed E-state index contributed by atoms with van der Waals surface area (Å²) in [7, 11) is -3.76. The van der Waals surface area contributed by atoms with Crippen molar-refractivity contribution >= 4 is 21.1 Å². The summed E-state index contributed by atoms with van der Waals surface area (Å²) >= 11 is 0. The Morgan fingerprint density at radius 2 is 2.00 bits per heavy atom. The van der Waals surface area contributed by atoms with E-state index in [1.807, 2.05) is 12.1 Å². The molecule has 156 valence electrons. The van der Waals surface area contributed by atoms with Gasteiger partial charge in [0.1, 0.15) is 12.3 Å². The van der Waals surface area contributed by atoms with Crippen LogP contribution in [0, 0.1) is 0 Å². The first-order valence-electron chi connectivity index (χ1n) is 9.99. The second-order valence-electron chi connectivity index (χ2n) is 7.55. The number of sulfonamides is 1. The van der Waals surface area contributed by atoms with Crippen LogP contribution in [0.1, 0.15) is 44.1 Å². The zero-order valence-corrected chi connectivity index (χ0v) is 17.2. The molecule has 0 bridgehead atoms. The Hall–Kier alpha value is -2.36. The van der Waals surface area contributed by atoms with Gasteiger partial charge in [0.25, 0.3) is 0 Å². The van der Waals surface area contributed by atoms with Crippen molar-refractivity contribution in [3.63, 3.8) is 0 Å². The molecule has 4 rings (SSSR count). The summed E-state index contributed by atoms with van der Waals surface area (Å²) in [6, 6.07) is 8.67. The van der Waals surface area contributed by atoms with E-state index in [2.05, 4.69) is 16.6 Å². The topological polar surface area (TPSA) is 110 Å². The molecule has 1 aromatic carbocycles. The SMILES string of the molecule is CC[C@@H]1CCCC[NH+]1Cc1ccc(CNS(=O)(=O)c2ccc3[nH]c(=O)oc3c2)o1. The minimum absolute atomic E-state index is 0.0306. The number of oxazole rings is 1. The molecule has 9 heteroatoms. The first-order chi connectivity index (χ1) is 13.9. The Morgan fingerprint density at radius 3 is 2.83 bits per heavy atom. The van der Waals surface area contributed by atoms with Gasteiger partial charge in [0, 0.05) is 6.07 Å². The Kier molecular flexibility index (Phi) is 5.62. The Bertz CT molecular complexity index is 1140. The number of aromatic amines is 1. The van der Waals surface area contributed by atoms with Crippen molar-refractivity contribution in [1.82, 2.24) is 9.71 Å². The molecule has 1 fully saturated rings. The number of benzene rings is 1. The summed E-state index contributed by atoms with van der Waals surface area (Å²) in [5, 5.41) is 0. The number of rotatable bonds is 7. The minimum Gasteiger partial charge on any atom is -0.459 e. The van der Waals surface area contributed by atoms with Crippen molar-refractivity contribution in [3.8, 4) is 0 Å². The molecule has 3 aromatic rings. The largest absolute Gasteiger partial charge is 0.459 e. The number of nitrogens with one attached hydrogen (secondary N) is 3. The highest BCUT2D eigenvalue weighted by molar-refractivity contribution is 7.89. The molecule has 1 aliphatic heterocycles. The molecule has 0 spiro atoms. The van der Waals surface area contributed by atoms with Gasteiger partial charge < -0.3 is 13.7 Å². The van der Waals surface area contributed by atoms with Crippen LogP contribution in [0.5, 0.6) is 0 Å². The van der Waals surface area contributed by atoms with Gasteiger partial charge in [-0.1, -0.05) is 6.92 Å². The summed E-state index contributed by atoms with van der Waals surface area (Å²) in [5.74, 6) is 0.833. The molecule has 1 unspecified atom stereocenters. The summed E-state index contributed by atoms with van der Waals surface area (Å²) in [6.45, 7) is 4.27. The molecular formula is C20H26N3O5S+. The maximum absolute atomic E-state index is 12.6. The van der Waals surface area contributed by atoms with Gasteiger partial charge in [-0.15, -0.1) is 0 Å². The lowest BCUT2D eigenvalue weighted by atomic mass is 10.00. The smallest absolute Gasteiger partial charge is 0.417 e. The highest BCUT2D eigenvalue weighted by Gasteiger charge is 2.25. The maximum atomic E-state index is 12.6. The number of hydrogen-bond acceptors (Lipinski definition) is 5. The van der Waals surface area contributed by atoms with Crippen LogP contribution in [0.3, 0.4) is 0 Å². The van der Waals surface area contributed by atoms with Crippen molar-refractivity contribution in [2.75, 3.05) is 6.54 Å². The molecular weight excluding hydrogens is 394 g/mol. The van der Waals surface area contributed by atoms with E-state index < -0.39 is 15.8 Å². The quantitative estimate of drug-likeness (QED) is 0.537. The van der Waals surface area contributed by atoms with Crippen molar-refractivity contribution in [1.29, 1.82) is 0 Å². The van der Waals surface area contributed by atoms with Crippen molar-refractivity contribution in [2.24, 2.45) is 0 Å². The molecule has 29 heavy (non-hydrogen) atoms. The monoisotopic (exact) mass is 420 g/mol. The van der Waals surface area contributed by atoms with E-state index >= 15 is 0 Å². The Labute approximate surface area is 168 Å². The van der Waals surface area contributed by atoms with Crippen LogP contribution >= 0.6 is 0 Å². The Morgan fingerprint density at radius 1 is 1.17 bits per heavy atom. The number of piperidine rings is 1. The normalized spacial score (nSPS) is 20.3. The molecule has 0 amide bonds. The van der Waals surface area contributed by atoms with Crippen LogP contribution in [-0.2, 0) is 23.1 Å². The van der Waals surface area contributed by atoms with Gasteiger partial charge in [0.2, 0.25) is 10.0 Å². The molecule has 1 saturated heterocycles. The zero-order chi connectivity index (χ0) is 20.4. The van der Waals surface area contributed by atoms with Crippen LogP contribution < -0.4 is 15.4 Å². The Balaban J connectivity index is 1.41. The second kappa shape index (κ2) is 8.17. The highest BCUT2D eigenvalue weighted by atomic mass is 32.2. The third-order valence-corrected chi connectivity index (χ3v) is 7.03. The second-order valence-corrected chi connectivity index (χ2v) is 9.32. The molecule has 0 radical (unpaired) electrons. The van der Waals surface area contributed by atoms with E-state index in [0.29, 0.717) is 17.3 Å². The number of furan rings is 1. The van der Waals surface area contributed by atoms with E-state index in [0.717, 1.165) is 25.3 Å². The summed E-state index contributed by atoms with van der Waals surface area (Å²) < 4.78 is 38.5. The maximum Gasteiger partial charge on any atom is 0.417 e. The van der Waals surface area contributed by atoms with Gasteiger partial charge in [0.05, 0.1) is 29.5 Å². The molecule has 3 heterocycles. The lowest BCUT2D eigenvalue weighted by Crippen LogP contribution is -3.15. The summed E-state index contributed by atoms with van der Waals surface area (Å²) in [6.07, 6.45) is 4.95. The van der Waals surface area contributed by atoms with Gasteiger partial charge in [-0.05, 0) is 49.9 Å². The standard InChI is InChI=1S/C20H25N3O5S/c1-2-14-5-3-4-10-23(14)13-16-7-6-15(27-16)12-21-29(25,26)17-8-9-18-19(11-17)28-20(24)22-18/h6-9,11,14,21H,2-5,10,12-13H2,1H3,(H,22,24)/p+1/t14-/m1/s1. The fourth-order valence-electron chi connectivity index (χ4n) is 4.06. The number of H-pyrrole nitrogens is 1. The van der Waals surface area contributed by atoms with Crippen LogP contribution in [-0.4, -0.2) is 26.0 Å². The lowest BCUT2D eigenvalue weighted by molar-refractivity contribution is -0.944. The van der Waals surface area contributed by atoms with Gasteiger partial charge >= 0.3 is 5.76 Å². The van der Waals surface area contributed by atoms with E-state index in [4.69, 9.17) is 8.83 Å². The molecule has 3 N–H and O–H groups in total. The van der Waals surface area contributed by atoms with Gasteiger partial charge in [-0.25, -0.2) is 17.9 Å². The molecule has 8 nitrogen and oxygen atoms in total. The first kappa shape index (κ1) is 19.9. The van der Waals surface area contributed by atoms with Gasteiger partial charge in [-0.2, -0.15) is 0 Å². The molecule has 1 aliphatic rings. The molecule has 0 aliphatic carbocycles. The first-order valence-corrected chi connectivity index (χ1v) is 11.5. The highest BCUT2D eigenvalue weighted by Crippen LogP contribution is 2.17. The number of fused-ring (bicyclic) bond motifs is 1. The number of quaternary nitrogens is 1. The van der Waals surface area contributed by atoms with E-state index in [1.54, 1.807) is 4.90 Å². The number of likely N-dealkylation sites (tertiary alicyclic amines) is 1. The molecule has 0 saturated carbocycles. The van der Waals surface area contributed by atoms with Gasteiger partial charge in [0.15, 0.2) is 11.3 Å². The van der Waals surface area contributed by atoms with Gasteiger partial charge in [-0.3, -0.25) is 4.98 Å². The lowest BCUT2D eigenvalue weighted by Gasteiger charge is -2.31. The average Bonchev–Trinajstić information content (AvgIpc) is 3.31. The fraction of sp³-hybridized carbons (Fsp3) is 0.450. The summed E-state index contributed by atoms with van der Waals surface area (Å²) in [5.41, 5.74) is 0.656. The van der Waals surface area contributed by atoms with Crippen LogP contribution in [0.4, 0.5) is 0 Å². The minimum atomic E-state index is -3.76. The van der Waals surface area contributed by atoms with E-state index in [9.17, 15) is 13.2 Å². The van der Waals surface area contributed by atoms with E-state index in [1.165, 1.54) is 37.5 Å². The van der Waals surface area contributed by atoms with Crippen LogP contribution in [0.25, 0.3) is 11.1 Å². The van der Waals surface area contributed by atoms with Crippen molar-refractivity contribution in [3.05, 3.63) is 52.4 Å². The molecule has 2 atom stereocenters. The fourth-order valence-corrected chi connectivity index (χ4v) is 5.06. The van der Waals surface area contributed by atoms with Crippen LogP contribution in [0.15, 0.2) is 48.9 Å². The average molecular weight is 421 g/mol. The van der Waals surface area contributed by atoms with Crippen molar-refractivity contribution in [2.45, 2.75) is 56.6 Å². The molecule has 2 aromatic heterocycles. The third kappa shape index (κ3) is 4.47. The van der Waals surface area contributed by atoms with E-state index in [-0.39, 0.29) is 17.0 Å². The number of hydrogen-bond donors (Lipinski definition) is 3. The third-order valence-electron chi connectivity index (χ3n) is 5.63.